The van der Waals surface area contributed by atoms with Gasteiger partial charge in [-0.05, 0) is 44.0 Å². The summed E-state index contributed by atoms with van der Waals surface area (Å²) in [6.45, 7) is 5.78. The lowest BCUT2D eigenvalue weighted by Gasteiger charge is -2.12. The number of carboxylic acids is 1. The molecule has 0 aliphatic heterocycles. The third-order valence-corrected chi connectivity index (χ3v) is 3.12. The summed E-state index contributed by atoms with van der Waals surface area (Å²) in [6, 6.07) is 6.04. The Hall–Kier alpha value is -2.43. The zero-order chi connectivity index (χ0) is 15.6. The Morgan fingerprint density at radius 3 is 2.57 bits per heavy atom. The molecule has 0 fully saturated rings. The predicted octanol–water partition coefficient (Wildman–Crippen LogP) is 3.60. The molecule has 5 heteroatoms. The summed E-state index contributed by atoms with van der Waals surface area (Å²) >= 11 is 0. The van der Waals surface area contributed by atoms with E-state index in [0.29, 0.717) is 34.7 Å². The molecule has 0 saturated heterocycles. The third kappa shape index (κ3) is 3.02. The number of rotatable bonds is 4. The number of nitrogens with zero attached hydrogens (tertiary/aromatic N) is 1. The van der Waals surface area contributed by atoms with Crippen LogP contribution in [0.2, 0.25) is 0 Å². The van der Waals surface area contributed by atoms with Crippen LogP contribution in [-0.2, 0) is 0 Å². The van der Waals surface area contributed by atoms with Crippen LogP contribution in [-0.4, -0.2) is 22.7 Å². The molecular formula is C16H16FNO3. The second-order valence-corrected chi connectivity index (χ2v) is 4.70. The lowest BCUT2D eigenvalue weighted by Crippen LogP contribution is -2.04. The molecule has 0 aliphatic carbocycles. The van der Waals surface area contributed by atoms with Gasteiger partial charge in [0.2, 0.25) is 0 Å². The first-order valence-electron chi connectivity index (χ1n) is 6.58. The van der Waals surface area contributed by atoms with E-state index in [9.17, 15) is 9.18 Å². The van der Waals surface area contributed by atoms with Crippen LogP contribution < -0.4 is 4.74 Å². The van der Waals surface area contributed by atoms with Gasteiger partial charge in [-0.3, -0.25) is 0 Å². The molecule has 21 heavy (non-hydrogen) atoms. The number of aromatic nitrogens is 1. The van der Waals surface area contributed by atoms with Crippen molar-refractivity contribution in [2.75, 3.05) is 6.61 Å². The summed E-state index contributed by atoms with van der Waals surface area (Å²) in [5, 5.41) is 9.02. The van der Waals surface area contributed by atoms with Gasteiger partial charge in [0.25, 0.3) is 0 Å². The minimum atomic E-state index is -1.14. The number of aryl methyl sites for hydroxylation is 2. The molecule has 0 unspecified atom stereocenters. The smallest absolute Gasteiger partial charge is 0.354 e. The van der Waals surface area contributed by atoms with Crippen LogP contribution in [0.1, 0.15) is 28.5 Å². The van der Waals surface area contributed by atoms with E-state index in [1.54, 1.807) is 26.0 Å². The maximum absolute atomic E-state index is 14.4. The Bertz CT molecular complexity index is 675. The standard InChI is InChI=1S/C16H16FNO3/c1-4-21-11-7-10(3)14(12(17)8-11)15-9(2)5-6-13(18-15)16(19)20/h5-8H,4H2,1-3H3,(H,19,20). The number of hydrogen-bond acceptors (Lipinski definition) is 3. The summed E-state index contributed by atoms with van der Waals surface area (Å²) < 4.78 is 19.7. The number of ether oxygens (including phenoxy) is 1. The van der Waals surface area contributed by atoms with Gasteiger partial charge in [0.1, 0.15) is 17.3 Å². The third-order valence-electron chi connectivity index (χ3n) is 3.12. The fraction of sp³-hybridized carbons (Fsp3) is 0.250. The van der Waals surface area contributed by atoms with Gasteiger partial charge < -0.3 is 9.84 Å². The van der Waals surface area contributed by atoms with Crippen LogP contribution in [0.5, 0.6) is 5.75 Å². The number of carbonyl (C=O) groups is 1. The molecule has 0 aliphatic rings. The van der Waals surface area contributed by atoms with Gasteiger partial charge in [0.15, 0.2) is 0 Å². The Morgan fingerprint density at radius 1 is 1.29 bits per heavy atom. The van der Waals surface area contributed by atoms with Crippen LogP contribution in [0.15, 0.2) is 24.3 Å². The highest BCUT2D eigenvalue weighted by Crippen LogP contribution is 2.31. The largest absolute Gasteiger partial charge is 0.494 e. The van der Waals surface area contributed by atoms with E-state index >= 15 is 0 Å². The number of pyridine rings is 1. The number of benzene rings is 1. The maximum Gasteiger partial charge on any atom is 0.354 e. The van der Waals surface area contributed by atoms with Gasteiger partial charge >= 0.3 is 5.97 Å². The summed E-state index contributed by atoms with van der Waals surface area (Å²) in [6.07, 6.45) is 0. The van der Waals surface area contributed by atoms with Crippen molar-refractivity contribution in [3.05, 3.63) is 46.9 Å². The van der Waals surface area contributed by atoms with Gasteiger partial charge in [-0.15, -0.1) is 0 Å². The van der Waals surface area contributed by atoms with Crippen LogP contribution in [0.25, 0.3) is 11.3 Å². The van der Waals surface area contributed by atoms with E-state index in [4.69, 9.17) is 9.84 Å². The number of carboxylic acid groups (broad SMARTS) is 1. The van der Waals surface area contributed by atoms with Crippen molar-refractivity contribution in [3.8, 4) is 17.0 Å². The van der Waals surface area contributed by atoms with E-state index in [-0.39, 0.29) is 5.69 Å². The molecule has 0 amide bonds. The molecule has 1 N–H and O–H groups in total. The van der Waals surface area contributed by atoms with E-state index in [1.165, 1.54) is 12.1 Å². The Morgan fingerprint density at radius 2 is 2.00 bits per heavy atom. The van der Waals surface area contributed by atoms with E-state index in [2.05, 4.69) is 4.98 Å². The molecule has 0 bridgehead atoms. The number of aromatic carboxylic acids is 1. The minimum Gasteiger partial charge on any atom is -0.494 e. The second-order valence-electron chi connectivity index (χ2n) is 4.70. The van der Waals surface area contributed by atoms with Crippen molar-refractivity contribution < 1.29 is 19.0 Å². The molecule has 0 atom stereocenters. The highest BCUT2D eigenvalue weighted by molar-refractivity contribution is 5.86. The van der Waals surface area contributed by atoms with Gasteiger partial charge in [-0.2, -0.15) is 0 Å². The maximum atomic E-state index is 14.4. The topological polar surface area (TPSA) is 59.4 Å². The molecule has 1 aromatic heterocycles. The molecule has 2 rings (SSSR count). The lowest BCUT2D eigenvalue weighted by atomic mass is 10.00. The van der Waals surface area contributed by atoms with Crippen molar-refractivity contribution in [1.82, 2.24) is 4.98 Å². The van der Waals surface area contributed by atoms with Gasteiger partial charge in [0.05, 0.1) is 12.3 Å². The second kappa shape index (κ2) is 5.91. The van der Waals surface area contributed by atoms with Crippen LogP contribution >= 0.6 is 0 Å². The fourth-order valence-corrected chi connectivity index (χ4v) is 2.16. The van der Waals surface area contributed by atoms with Gasteiger partial charge in [-0.25, -0.2) is 14.2 Å². The Kier molecular flexibility index (Phi) is 4.21. The molecule has 1 aromatic carbocycles. The van der Waals surface area contributed by atoms with E-state index in [0.717, 1.165) is 0 Å². The fourth-order valence-electron chi connectivity index (χ4n) is 2.16. The molecular weight excluding hydrogens is 273 g/mol. The first kappa shape index (κ1) is 15.0. The average Bonchev–Trinajstić information content (AvgIpc) is 2.40. The summed E-state index contributed by atoms with van der Waals surface area (Å²) in [5.41, 5.74) is 1.90. The minimum absolute atomic E-state index is 0.108. The summed E-state index contributed by atoms with van der Waals surface area (Å²) in [7, 11) is 0. The quantitative estimate of drug-likeness (QED) is 0.934. The molecule has 4 nitrogen and oxygen atoms in total. The van der Waals surface area contributed by atoms with Crippen LogP contribution in [0, 0.1) is 19.7 Å². The Balaban J connectivity index is 2.61. The summed E-state index contributed by atoms with van der Waals surface area (Å²) in [5.74, 6) is -1.17. The van der Waals surface area contributed by atoms with Gasteiger partial charge in [-0.1, -0.05) is 6.07 Å². The van der Waals surface area contributed by atoms with E-state index < -0.39 is 11.8 Å². The number of halogens is 1. The normalized spacial score (nSPS) is 10.5. The molecule has 0 spiro atoms. The van der Waals surface area contributed by atoms with Crippen molar-refractivity contribution in [2.45, 2.75) is 20.8 Å². The first-order valence-corrected chi connectivity index (χ1v) is 6.58. The Labute approximate surface area is 122 Å². The highest BCUT2D eigenvalue weighted by Gasteiger charge is 2.16. The summed E-state index contributed by atoms with van der Waals surface area (Å²) in [4.78, 5) is 15.1. The SMILES string of the molecule is CCOc1cc(C)c(-c2nc(C(=O)O)ccc2C)c(F)c1. The molecule has 110 valence electrons. The molecule has 0 radical (unpaired) electrons. The van der Waals surface area contributed by atoms with Crippen LogP contribution in [0.3, 0.4) is 0 Å². The van der Waals surface area contributed by atoms with Gasteiger partial charge in [0, 0.05) is 11.6 Å². The molecule has 1 heterocycles. The zero-order valence-electron chi connectivity index (χ0n) is 12.1. The predicted molar refractivity (Wildman–Crippen MR) is 77.2 cm³/mol. The van der Waals surface area contributed by atoms with Crippen molar-refractivity contribution in [1.29, 1.82) is 0 Å². The van der Waals surface area contributed by atoms with E-state index in [1.807, 2.05) is 6.92 Å². The van der Waals surface area contributed by atoms with Crippen LogP contribution in [0.4, 0.5) is 4.39 Å². The number of hydrogen-bond donors (Lipinski definition) is 1. The lowest BCUT2D eigenvalue weighted by molar-refractivity contribution is 0.0690. The average molecular weight is 289 g/mol. The zero-order valence-corrected chi connectivity index (χ0v) is 12.1. The van der Waals surface area contributed by atoms with Crippen molar-refractivity contribution in [3.63, 3.8) is 0 Å². The van der Waals surface area contributed by atoms with Crippen molar-refractivity contribution in [2.24, 2.45) is 0 Å². The molecule has 2 aromatic rings. The van der Waals surface area contributed by atoms with Crippen molar-refractivity contribution >= 4 is 5.97 Å². The molecule has 0 saturated carbocycles. The first-order chi connectivity index (χ1) is 9.93. The monoisotopic (exact) mass is 289 g/mol. The highest BCUT2D eigenvalue weighted by atomic mass is 19.1.